The second-order valence-electron chi connectivity index (χ2n) is 6.73. The minimum atomic E-state index is -0.967. The molecule has 0 aliphatic rings. The smallest absolute Gasteiger partial charge is 0.412 e. The standard InChI is InChI=1S/C19H19F3N2O4/c1-19(2,3)28-18(26)24-14-6-4-12(21)9-15(14)23-17(25)10-27-16-7-5-11(20)8-13(16)22/h4-9H,10H2,1-3H3,(H,23,25)(H,24,26). The van der Waals surface area contributed by atoms with Crippen LogP contribution in [0.15, 0.2) is 36.4 Å². The number of hydrogen-bond acceptors (Lipinski definition) is 4. The highest BCUT2D eigenvalue weighted by Gasteiger charge is 2.18. The second-order valence-corrected chi connectivity index (χ2v) is 6.73. The van der Waals surface area contributed by atoms with Crippen LogP contribution in [0.4, 0.5) is 29.3 Å². The molecular formula is C19H19F3N2O4. The molecule has 0 radical (unpaired) electrons. The van der Waals surface area contributed by atoms with Crippen molar-refractivity contribution in [2.45, 2.75) is 26.4 Å². The molecule has 6 nitrogen and oxygen atoms in total. The molecule has 0 aromatic heterocycles. The second kappa shape index (κ2) is 8.64. The summed E-state index contributed by atoms with van der Waals surface area (Å²) >= 11 is 0. The molecule has 0 saturated carbocycles. The molecule has 2 rings (SSSR count). The van der Waals surface area contributed by atoms with E-state index in [-0.39, 0.29) is 17.1 Å². The average Bonchev–Trinajstić information content (AvgIpc) is 2.55. The average molecular weight is 396 g/mol. The van der Waals surface area contributed by atoms with Crippen LogP contribution in [0.1, 0.15) is 20.8 Å². The Morgan fingerprint density at radius 3 is 2.21 bits per heavy atom. The molecule has 0 aliphatic carbocycles. The number of anilines is 2. The van der Waals surface area contributed by atoms with Gasteiger partial charge in [0.05, 0.1) is 11.4 Å². The fourth-order valence-electron chi connectivity index (χ4n) is 2.06. The monoisotopic (exact) mass is 396 g/mol. The number of carbonyl (C=O) groups is 2. The topological polar surface area (TPSA) is 76.7 Å². The van der Waals surface area contributed by atoms with Gasteiger partial charge >= 0.3 is 6.09 Å². The van der Waals surface area contributed by atoms with Gasteiger partial charge in [-0.05, 0) is 51.1 Å². The zero-order chi connectivity index (χ0) is 20.9. The van der Waals surface area contributed by atoms with Crippen molar-refractivity contribution in [3.05, 3.63) is 53.8 Å². The van der Waals surface area contributed by atoms with E-state index in [1.165, 1.54) is 6.07 Å². The van der Waals surface area contributed by atoms with Crippen LogP contribution >= 0.6 is 0 Å². The first kappa shape index (κ1) is 21.1. The van der Waals surface area contributed by atoms with Crippen molar-refractivity contribution >= 4 is 23.4 Å². The third kappa shape index (κ3) is 6.49. The first-order valence-corrected chi connectivity index (χ1v) is 8.21. The lowest BCUT2D eigenvalue weighted by Gasteiger charge is -2.20. The molecule has 2 N–H and O–H groups in total. The van der Waals surface area contributed by atoms with E-state index in [2.05, 4.69) is 10.6 Å². The Labute approximate surface area is 159 Å². The molecule has 0 aliphatic heterocycles. The van der Waals surface area contributed by atoms with Gasteiger partial charge in [-0.1, -0.05) is 0 Å². The van der Waals surface area contributed by atoms with Crippen LogP contribution in [0.25, 0.3) is 0 Å². The summed E-state index contributed by atoms with van der Waals surface area (Å²) in [6.07, 6.45) is -0.792. The number of rotatable bonds is 5. The molecule has 0 unspecified atom stereocenters. The number of halogens is 3. The molecule has 0 heterocycles. The zero-order valence-corrected chi connectivity index (χ0v) is 15.4. The van der Waals surface area contributed by atoms with Crippen LogP contribution < -0.4 is 15.4 Å². The summed E-state index contributed by atoms with van der Waals surface area (Å²) in [7, 11) is 0. The summed E-state index contributed by atoms with van der Waals surface area (Å²) < 4.78 is 50.0. The first-order chi connectivity index (χ1) is 13.0. The van der Waals surface area contributed by atoms with Crippen LogP contribution in [0.3, 0.4) is 0 Å². The summed E-state index contributed by atoms with van der Waals surface area (Å²) in [5, 5.41) is 4.75. The van der Waals surface area contributed by atoms with Crippen molar-refractivity contribution in [2.75, 3.05) is 17.2 Å². The van der Waals surface area contributed by atoms with Gasteiger partial charge in [0.1, 0.15) is 17.2 Å². The molecule has 150 valence electrons. The number of ether oxygens (including phenoxy) is 2. The van der Waals surface area contributed by atoms with Crippen molar-refractivity contribution in [3.8, 4) is 5.75 Å². The van der Waals surface area contributed by atoms with E-state index < -0.39 is 41.7 Å². The Hall–Kier alpha value is -3.23. The van der Waals surface area contributed by atoms with Crippen LogP contribution in [-0.2, 0) is 9.53 Å². The highest BCUT2D eigenvalue weighted by Crippen LogP contribution is 2.24. The minimum Gasteiger partial charge on any atom is -0.481 e. The summed E-state index contributed by atoms with van der Waals surface area (Å²) in [6, 6.07) is 5.95. The largest absolute Gasteiger partial charge is 0.481 e. The molecule has 2 aromatic rings. The predicted molar refractivity (Wildman–Crippen MR) is 96.7 cm³/mol. The SMILES string of the molecule is CC(C)(C)OC(=O)Nc1ccc(F)cc1NC(=O)COc1ccc(F)cc1F. The van der Waals surface area contributed by atoms with E-state index in [0.717, 1.165) is 24.3 Å². The third-order valence-corrected chi connectivity index (χ3v) is 3.14. The van der Waals surface area contributed by atoms with Crippen molar-refractivity contribution in [1.82, 2.24) is 0 Å². The maximum atomic E-state index is 13.5. The molecule has 2 aromatic carbocycles. The maximum Gasteiger partial charge on any atom is 0.412 e. The van der Waals surface area contributed by atoms with Crippen LogP contribution in [-0.4, -0.2) is 24.2 Å². The van der Waals surface area contributed by atoms with Gasteiger partial charge in [-0.3, -0.25) is 10.1 Å². The van der Waals surface area contributed by atoms with Gasteiger partial charge in [0.15, 0.2) is 18.2 Å². The molecule has 0 atom stereocenters. The zero-order valence-electron chi connectivity index (χ0n) is 15.4. The maximum absolute atomic E-state index is 13.5. The highest BCUT2D eigenvalue weighted by molar-refractivity contribution is 5.98. The van der Waals surface area contributed by atoms with Gasteiger partial charge < -0.3 is 14.8 Å². The van der Waals surface area contributed by atoms with E-state index in [1.807, 2.05) is 0 Å². The Bertz CT molecular complexity index is 882. The van der Waals surface area contributed by atoms with Crippen LogP contribution in [0.2, 0.25) is 0 Å². The summed E-state index contributed by atoms with van der Waals surface area (Å²) in [5.74, 6) is -3.47. The van der Waals surface area contributed by atoms with Gasteiger partial charge in [-0.15, -0.1) is 0 Å². The molecule has 2 amide bonds. The molecular weight excluding hydrogens is 377 g/mol. The summed E-state index contributed by atoms with van der Waals surface area (Å²) in [6.45, 7) is 4.40. The van der Waals surface area contributed by atoms with E-state index >= 15 is 0 Å². The number of hydrogen-bond donors (Lipinski definition) is 2. The van der Waals surface area contributed by atoms with Gasteiger partial charge in [0.25, 0.3) is 5.91 Å². The Morgan fingerprint density at radius 1 is 0.929 bits per heavy atom. The molecule has 0 saturated heterocycles. The summed E-state index contributed by atoms with van der Waals surface area (Å²) in [4.78, 5) is 23.9. The van der Waals surface area contributed by atoms with Crippen LogP contribution in [0.5, 0.6) is 5.75 Å². The number of nitrogens with one attached hydrogen (secondary N) is 2. The fraction of sp³-hybridized carbons (Fsp3) is 0.263. The highest BCUT2D eigenvalue weighted by atomic mass is 19.1. The lowest BCUT2D eigenvalue weighted by molar-refractivity contribution is -0.118. The Balaban J connectivity index is 2.04. The fourth-order valence-corrected chi connectivity index (χ4v) is 2.06. The van der Waals surface area contributed by atoms with Crippen molar-refractivity contribution in [3.63, 3.8) is 0 Å². The Kier molecular flexibility index (Phi) is 6.50. The normalized spacial score (nSPS) is 10.9. The van der Waals surface area contributed by atoms with Gasteiger partial charge in [-0.25, -0.2) is 18.0 Å². The molecule has 0 spiro atoms. The van der Waals surface area contributed by atoms with Crippen molar-refractivity contribution in [1.29, 1.82) is 0 Å². The van der Waals surface area contributed by atoms with Gasteiger partial charge in [0.2, 0.25) is 0 Å². The van der Waals surface area contributed by atoms with E-state index in [9.17, 15) is 22.8 Å². The van der Waals surface area contributed by atoms with E-state index in [4.69, 9.17) is 9.47 Å². The van der Waals surface area contributed by atoms with E-state index in [1.54, 1.807) is 20.8 Å². The molecule has 0 fully saturated rings. The lowest BCUT2D eigenvalue weighted by atomic mass is 10.2. The molecule has 0 bridgehead atoms. The first-order valence-electron chi connectivity index (χ1n) is 8.21. The number of benzene rings is 2. The number of amides is 2. The predicted octanol–water partition coefficient (Wildman–Crippen LogP) is 4.47. The van der Waals surface area contributed by atoms with E-state index in [0.29, 0.717) is 6.07 Å². The Morgan fingerprint density at radius 2 is 1.57 bits per heavy atom. The van der Waals surface area contributed by atoms with Gasteiger partial charge in [0, 0.05) is 6.07 Å². The lowest BCUT2D eigenvalue weighted by Crippen LogP contribution is -2.28. The minimum absolute atomic E-state index is 0.0426. The van der Waals surface area contributed by atoms with Crippen molar-refractivity contribution < 1.29 is 32.2 Å². The third-order valence-electron chi connectivity index (χ3n) is 3.14. The van der Waals surface area contributed by atoms with Gasteiger partial charge in [-0.2, -0.15) is 0 Å². The summed E-state index contributed by atoms with van der Waals surface area (Å²) in [5.41, 5.74) is -0.698. The number of carbonyl (C=O) groups excluding carboxylic acids is 2. The van der Waals surface area contributed by atoms with Crippen LogP contribution in [0, 0.1) is 17.5 Å². The molecule has 28 heavy (non-hydrogen) atoms. The molecule has 9 heteroatoms. The van der Waals surface area contributed by atoms with Crippen molar-refractivity contribution in [2.24, 2.45) is 0 Å². The quantitative estimate of drug-likeness (QED) is 0.782.